The molecule has 1 saturated heterocycles. The molecular weight excluding hydrogens is 408 g/mol. The molecule has 1 aliphatic rings. The van der Waals surface area contributed by atoms with Gasteiger partial charge in [0.05, 0.1) is 18.1 Å². The van der Waals surface area contributed by atoms with Crippen LogP contribution in [0.4, 0.5) is 0 Å². The first-order chi connectivity index (χ1) is 13.9. The second-order valence-electron chi connectivity index (χ2n) is 7.07. The van der Waals surface area contributed by atoms with Crippen molar-refractivity contribution in [2.45, 2.75) is 24.6 Å². The first kappa shape index (κ1) is 21.8. The summed E-state index contributed by atoms with van der Waals surface area (Å²) in [4.78, 5) is 27.4. The Kier molecular flexibility index (Phi) is 7.69. The standard InChI is InChI=1S/C21H26N2O4S2/c1-15(24)26-17-6-4-16(5-7-17)21-23(20(25)14-29-21)10-11-28-13-19-9-8-18(27-19)12-22(2)3/h4-9,21H,10-14H2,1-3H3. The van der Waals surface area contributed by atoms with Gasteiger partial charge in [-0.15, -0.1) is 11.8 Å². The fourth-order valence-electron chi connectivity index (χ4n) is 3.07. The smallest absolute Gasteiger partial charge is 0.308 e. The number of carbonyl (C=O) groups excluding carboxylic acids is 2. The predicted octanol–water partition coefficient (Wildman–Crippen LogP) is 3.77. The van der Waals surface area contributed by atoms with Gasteiger partial charge < -0.3 is 19.0 Å². The summed E-state index contributed by atoms with van der Waals surface area (Å²) in [5.74, 6) is 4.41. The molecule has 29 heavy (non-hydrogen) atoms. The third kappa shape index (κ3) is 6.29. The molecule has 0 radical (unpaired) electrons. The topological polar surface area (TPSA) is 63.0 Å². The maximum Gasteiger partial charge on any atom is 0.308 e. The zero-order valence-electron chi connectivity index (χ0n) is 16.9. The van der Waals surface area contributed by atoms with Gasteiger partial charge in [0.25, 0.3) is 0 Å². The molecule has 0 spiro atoms. The molecule has 1 unspecified atom stereocenters. The Morgan fingerprint density at radius 3 is 2.66 bits per heavy atom. The maximum absolute atomic E-state index is 12.3. The molecule has 1 aliphatic heterocycles. The van der Waals surface area contributed by atoms with Gasteiger partial charge in [0.15, 0.2) is 0 Å². The summed E-state index contributed by atoms with van der Waals surface area (Å²) in [6, 6.07) is 11.4. The van der Waals surface area contributed by atoms with E-state index >= 15 is 0 Å². The Morgan fingerprint density at radius 2 is 1.97 bits per heavy atom. The third-order valence-corrected chi connectivity index (χ3v) is 6.52. The number of rotatable bonds is 9. The normalized spacial score (nSPS) is 16.6. The number of thioether (sulfide) groups is 2. The van der Waals surface area contributed by atoms with Gasteiger partial charge in [0.1, 0.15) is 22.6 Å². The molecule has 1 atom stereocenters. The molecule has 1 aromatic heterocycles. The maximum atomic E-state index is 12.3. The van der Waals surface area contributed by atoms with E-state index in [4.69, 9.17) is 9.15 Å². The number of esters is 1. The van der Waals surface area contributed by atoms with E-state index in [1.54, 1.807) is 35.7 Å². The number of amides is 1. The van der Waals surface area contributed by atoms with Crippen LogP contribution < -0.4 is 4.74 Å². The summed E-state index contributed by atoms with van der Waals surface area (Å²) in [6.07, 6.45) is 0. The van der Waals surface area contributed by atoms with E-state index in [0.717, 1.165) is 35.1 Å². The van der Waals surface area contributed by atoms with Crippen LogP contribution in [0.3, 0.4) is 0 Å². The van der Waals surface area contributed by atoms with Crippen molar-refractivity contribution in [3.8, 4) is 5.75 Å². The highest BCUT2D eigenvalue weighted by Crippen LogP contribution is 2.39. The van der Waals surface area contributed by atoms with Gasteiger partial charge in [-0.05, 0) is 43.9 Å². The zero-order valence-corrected chi connectivity index (χ0v) is 18.6. The second kappa shape index (κ2) is 10.2. The summed E-state index contributed by atoms with van der Waals surface area (Å²) in [5, 5.41) is 0.00443. The number of carbonyl (C=O) groups is 2. The van der Waals surface area contributed by atoms with E-state index in [2.05, 4.69) is 4.90 Å². The predicted molar refractivity (Wildman–Crippen MR) is 117 cm³/mol. The minimum Gasteiger partial charge on any atom is -0.464 e. The fourth-order valence-corrected chi connectivity index (χ4v) is 5.12. The van der Waals surface area contributed by atoms with E-state index in [-0.39, 0.29) is 17.3 Å². The van der Waals surface area contributed by atoms with Gasteiger partial charge in [-0.3, -0.25) is 9.59 Å². The van der Waals surface area contributed by atoms with E-state index < -0.39 is 0 Å². The number of furan rings is 1. The van der Waals surface area contributed by atoms with Crippen LogP contribution in [0.5, 0.6) is 5.75 Å². The Balaban J connectivity index is 1.50. The molecule has 2 aromatic rings. The lowest BCUT2D eigenvalue weighted by Gasteiger charge is -2.24. The highest BCUT2D eigenvalue weighted by molar-refractivity contribution is 8.00. The number of hydrogen-bond acceptors (Lipinski definition) is 7. The van der Waals surface area contributed by atoms with E-state index in [0.29, 0.717) is 18.0 Å². The minimum atomic E-state index is -0.341. The van der Waals surface area contributed by atoms with E-state index in [1.807, 2.05) is 43.3 Å². The van der Waals surface area contributed by atoms with Crippen molar-refractivity contribution >= 4 is 35.4 Å². The highest BCUT2D eigenvalue weighted by atomic mass is 32.2. The van der Waals surface area contributed by atoms with Crippen LogP contribution in [0, 0.1) is 0 Å². The Bertz CT molecular complexity index is 835. The van der Waals surface area contributed by atoms with Crippen LogP contribution in [0.1, 0.15) is 29.4 Å². The van der Waals surface area contributed by atoms with Crippen LogP contribution >= 0.6 is 23.5 Å². The van der Waals surface area contributed by atoms with E-state index in [9.17, 15) is 9.59 Å². The van der Waals surface area contributed by atoms with Crippen LogP contribution in [-0.2, 0) is 21.9 Å². The molecule has 156 valence electrons. The molecule has 8 heteroatoms. The van der Waals surface area contributed by atoms with Gasteiger partial charge in [0, 0.05) is 19.2 Å². The zero-order chi connectivity index (χ0) is 20.8. The molecular formula is C21H26N2O4S2. The van der Waals surface area contributed by atoms with Crippen molar-refractivity contribution < 1.29 is 18.7 Å². The highest BCUT2D eigenvalue weighted by Gasteiger charge is 2.32. The first-order valence-electron chi connectivity index (χ1n) is 9.42. The average Bonchev–Trinajstić information content (AvgIpc) is 3.25. The lowest BCUT2D eigenvalue weighted by Crippen LogP contribution is -2.30. The molecule has 0 saturated carbocycles. The Morgan fingerprint density at radius 1 is 1.24 bits per heavy atom. The summed E-state index contributed by atoms with van der Waals surface area (Å²) >= 11 is 3.40. The summed E-state index contributed by atoms with van der Waals surface area (Å²) in [6.45, 7) is 2.87. The van der Waals surface area contributed by atoms with Crippen molar-refractivity contribution in [3.05, 3.63) is 53.5 Å². The fraction of sp³-hybridized carbons (Fsp3) is 0.429. The molecule has 1 amide bonds. The van der Waals surface area contributed by atoms with Gasteiger partial charge in [-0.2, -0.15) is 11.8 Å². The van der Waals surface area contributed by atoms with Crippen molar-refractivity contribution in [3.63, 3.8) is 0 Å². The van der Waals surface area contributed by atoms with Gasteiger partial charge in [0.2, 0.25) is 5.91 Å². The molecule has 1 fully saturated rings. The summed E-state index contributed by atoms with van der Waals surface area (Å²) < 4.78 is 10.9. The third-order valence-electron chi connectivity index (χ3n) is 4.31. The van der Waals surface area contributed by atoms with Gasteiger partial charge in [-0.25, -0.2) is 0 Å². The average molecular weight is 435 g/mol. The number of nitrogens with zero attached hydrogens (tertiary/aromatic N) is 2. The molecule has 6 nitrogen and oxygen atoms in total. The van der Waals surface area contributed by atoms with Crippen molar-refractivity contribution in [1.29, 1.82) is 0 Å². The SMILES string of the molecule is CC(=O)Oc1ccc(C2SCC(=O)N2CCSCc2ccc(CN(C)C)o2)cc1. The van der Waals surface area contributed by atoms with Crippen LogP contribution in [0.15, 0.2) is 40.8 Å². The molecule has 0 aliphatic carbocycles. The number of ether oxygens (including phenoxy) is 1. The number of hydrogen-bond donors (Lipinski definition) is 0. The Labute approximate surface area is 179 Å². The quantitative estimate of drug-likeness (QED) is 0.338. The lowest BCUT2D eigenvalue weighted by molar-refractivity contribution is -0.132. The minimum absolute atomic E-state index is 0.00443. The van der Waals surface area contributed by atoms with E-state index in [1.165, 1.54) is 6.92 Å². The molecule has 2 heterocycles. The second-order valence-corrected chi connectivity index (χ2v) is 9.25. The summed E-state index contributed by atoms with van der Waals surface area (Å²) in [7, 11) is 4.03. The van der Waals surface area contributed by atoms with Crippen LogP contribution in [-0.4, -0.2) is 53.8 Å². The van der Waals surface area contributed by atoms with Gasteiger partial charge in [-0.1, -0.05) is 12.1 Å². The molecule has 3 rings (SSSR count). The lowest BCUT2D eigenvalue weighted by atomic mass is 10.2. The van der Waals surface area contributed by atoms with Crippen molar-refractivity contribution in [2.75, 3.05) is 32.1 Å². The molecule has 0 bridgehead atoms. The molecule has 0 N–H and O–H groups in total. The largest absolute Gasteiger partial charge is 0.464 e. The van der Waals surface area contributed by atoms with Crippen LogP contribution in [0.25, 0.3) is 0 Å². The van der Waals surface area contributed by atoms with Crippen LogP contribution in [0.2, 0.25) is 0 Å². The number of benzene rings is 1. The monoisotopic (exact) mass is 434 g/mol. The van der Waals surface area contributed by atoms with Gasteiger partial charge >= 0.3 is 5.97 Å². The Hall–Kier alpha value is -1.90. The van der Waals surface area contributed by atoms with Crippen molar-refractivity contribution in [2.24, 2.45) is 0 Å². The first-order valence-corrected chi connectivity index (χ1v) is 11.6. The molecule has 1 aromatic carbocycles. The van der Waals surface area contributed by atoms with Crippen molar-refractivity contribution in [1.82, 2.24) is 9.80 Å². The summed E-state index contributed by atoms with van der Waals surface area (Å²) in [5.41, 5.74) is 1.04.